The van der Waals surface area contributed by atoms with Gasteiger partial charge in [-0.2, -0.15) is 0 Å². The summed E-state index contributed by atoms with van der Waals surface area (Å²) in [5, 5.41) is 0. The van der Waals surface area contributed by atoms with Gasteiger partial charge < -0.3 is 5.73 Å². The second-order valence-electron chi connectivity index (χ2n) is 5.60. The van der Waals surface area contributed by atoms with Crippen LogP contribution in [0.25, 0.3) is 0 Å². The van der Waals surface area contributed by atoms with Crippen LogP contribution < -0.4 is 5.73 Å². The van der Waals surface area contributed by atoms with E-state index in [2.05, 4.69) is 27.7 Å². The lowest BCUT2D eigenvalue weighted by Crippen LogP contribution is -2.30. The Morgan fingerprint density at radius 1 is 1.14 bits per heavy atom. The van der Waals surface area contributed by atoms with Gasteiger partial charge in [-0.15, -0.1) is 0 Å². The van der Waals surface area contributed by atoms with Crippen molar-refractivity contribution in [1.29, 1.82) is 0 Å². The van der Waals surface area contributed by atoms with E-state index in [0.29, 0.717) is 5.92 Å². The first-order chi connectivity index (χ1) is 6.56. The molecule has 1 nitrogen and oxygen atoms in total. The molecule has 0 aliphatic heterocycles. The Hall–Kier alpha value is -0.0400. The van der Waals surface area contributed by atoms with Gasteiger partial charge in [0.1, 0.15) is 0 Å². The molecular weight excluding hydrogens is 170 g/mol. The van der Waals surface area contributed by atoms with Crippen LogP contribution in [0, 0.1) is 29.6 Å². The Morgan fingerprint density at radius 2 is 1.79 bits per heavy atom. The summed E-state index contributed by atoms with van der Waals surface area (Å²) < 4.78 is 0. The summed E-state index contributed by atoms with van der Waals surface area (Å²) in [6, 6.07) is 0. The fourth-order valence-corrected chi connectivity index (χ4v) is 2.75. The van der Waals surface area contributed by atoms with Crippen molar-refractivity contribution in [2.75, 3.05) is 6.54 Å². The van der Waals surface area contributed by atoms with Crippen LogP contribution in [0.3, 0.4) is 0 Å². The van der Waals surface area contributed by atoms with Gasteiger partial charge in [-0.1, -0.05) is 34.1 Å². The summed E-state index contributed by atoms with van der Waals surface area (Å²) >= 11 is 0. The van der Waals surface area contributed by atoms with E-state index in [4.69, 9.17) is 5.73 Å². The van der Waals surface area contributed by atoms with Gasteiger partial charge in [-0.3, -0.25) is 0 Å². The topological polar surface area (TPSA) is 26.0 Å². The second-order valence-corrected chi connectivity index (χ2v) is 5.60. The highest BCUT2D eigenvalue weighted by atomic mass is 14.6. The van der Waals surface area contributed by atoms with Gasteiger partial charge >= 0.3 is 0 Å². The zero-order valence-corrected chi connectivity index (χ0v) is 10.3. The van der Waals surface area contributed by atoms with Crippen LogP contribution in [0.1, 0.15) is 47.0 Å². The van der Waals surface area contributed by atoms with E-state index >= 15 is 0 Å². The van der Waals surface area contributed by atoms with Gasteiger partial charge in [0.15, 0.2) is 0 Å². The minimum Gasteiger partial charge on any atom is -0.330 e. The minimum atomic E-state index is 0.695. The molecule has 1 aliphatic rings. The summed E-state index contributed by atoms with van der Waals surface area (Å²) in [5.74, 6) is 4.29. The standard InChI is InChI=1S/C13H27N/c1-9-5-6-13(7-10(9)2)12(4)11(3)8-14/h9-13H,5-8,14H2,1-4H3. The Labute approximate surface area is 89.5 Å². The molecule has 2 N–H and O–H groups in total. The van der Waals surface area contributed by atoms with Crippen molar-refractivity contribution in [3.63, 3.8) is 0 Å². The molecule has 0 saturated heterocycles. The highest BCUT2D eigenvalue weighted by Gasteiger charge is 2.29. The number of rotatable bonds is 3. The molecule has 1 saturated carbocycles. The maximum absolute atomic E-state index is 5.74. The molecular formula is C13H27N. The fourth-order valence-electron chi connectivity index (χ4n) is 2.75. The maximum Gasteiger partial charge on any atom is -0.00489 e. The van der Waals surface area contributed by atoms with Crippen LogP contribution in [-0.2, 0) is 0 Å². The highest BCUT2D eigenvalue weighted by molar-refractivity contribution is 4.80. The largest absolute Gasteiger partial charge is 0.330 e. The van der Waals surface area contributed by atoms with Gasteiger partial charge in [0.05, 0.1) is 0 Å². The molecule has 1 aliphatic carbocycles. The van der Waals surface area contributed by atoms with Gasteiger partial charge in [0.2, 0.25) is 0 Å². The molecule has 0 heterocycles. The van der Waals surface area contributed by atoms with Crippen LogP contribution in [0.5, 0.6) is 0 Å². The fraction of sp³-hybridized carbons (Fsp3) is 1.00. The predicted octanol–water partition coefficient (Wildman–Crippen LogP) is 3.29. The molecule has 84 valence electrons. The van der Waals surface area contributed by atoms with E-state index in [0.717, 1.165) is 30.2 Å². The molecule has 1 fully saturated rings. The normalized spacial score (nSPS) is 37.9. The summed E-state index contributed by atoms with van der Waals surface area (Å²) in [6.07, 6.45) is 4.27. The van der Waals surface area contributed by atoms with E-state index in [1.807, 2.05) is 0 Å². The van der Waals surface area contributed by atoms with Crippen LogP contribution >= 0.6 is 0 Å². The molecule has 0 amide bonds. The zero-order valence-electron chi connectivity index (χ0n) is 10.3. The molecule has 1 rings (SSSR count). The second kappa shape index (κ2) is 5.16. The minimum absolute atomic E-state index is 0.695. The zero-order chi connectivity index (χ0) is 10.7. The molecule has 5 atom stereocenters. The first-order valence-corrected chi connectivity index (χ1v) is 6.26. The third-order valence-corrected chi connectivity index (χ3v) is 4.65. The van der Waals surface area contributed by atoms with E-state index in [-0.39, 0.29) is 0 Å². The van der Waals surface area contributed by atoms with Gasteiger partial charge in [-0.05, 0) is 49.0 Å². The Kier molecular flexibility index (Phi) is 4.43. The van der Waals surface area contributed by atoms with E-state index in [1.165, 1.54) is 19.3 Å². The van der Waals surface area contributed by atoms with Crippen molar-refractivity contribution < 1.29 is 0 Å². The summed E-state index contributed by atoms with van der Waals surface area (Å²) in [7, 11) is 0. The van der Waals surface area contributed by atoms with Gasteiger partial charge in [-0.25, -0.2) is 0 Å². The molecule has 0 radical (unpaired) electrons. The SMILES string of the molecule is CC1CCC(C(C)C(C)CN)CC1C. The first-order valence-electron chi connectivity index (χ1n) is 6.26. The predicted molar refractivity (Wildman–Crippen MR) is 63.1 cm³/mol. The molecule has 0 bridgehead atoms. The Balaban J connectivity index is 2.45. The van der Waals surface area contributed by atoms with Crippen molar-refractivity contribution >= 4 is 0 Å². The monoisotopic (exact) mass is 197 g/mol. The summed E-state index contributed by atoms with van der Waals surface area (Å²) in [6.45, 7) is 10.4. The van der Waals surface area contributed by atoms with Crippen molar-refractivity contribution in [2.45, 2.75) is 47.0 Å². The van der Waals surface area contributed by atoms with Crippen LogP contribution in [0.4, 0.5) is 0 Å². The number of nitrogens with two attached hydrogens (primary N) is 1. The maximum atomic E-state index is 5.74. The van der Waals surface area contributed by atoms with Crippen molar-refractivity contribution in [1.82, 2.24) is 0 Å². The highest BCUT2D eigenvalue weighted by Crippen LogP contribution is 2.39. The summed E-state index contributed by atoms with van der Waals surface area (Å²) in [5.41, 5.74) is 5.74. The van der Waals surface area contributed by atoms with Crippen molar-refractivity contribution in [2.24, 2.45) is 35.3 Å². The smallest absolute Gasteiger partial charge is 0.00489 e. The molecule has 0 aromatic heterocycles. The lowest BCUT2D eigenvalue weighted by molar-refractivity contribution is 0.136. The van der Waals surface area contributed by atoms with E-state index in [1.54, 1.807) is 0 Å². The van der Waals surface area contributed by atoms with Crippen LogP contribution in [0.2, 0.25) is 0 Å². The lowest BCUT2D eigenvalue weighted by atomic mass is 9.69. The van der Waals surface area contributed by atoms with Gasteiger partial charge in [0.25, 0.3) is 0 Å². The van der Waals surface area contributed by atoms with Crippen LogP contribution in [0.15, 0.2) is 0 Å². The van der Waals surface area contributed by atoms with Crippen molar-refractivity contribution in [3.8, 4) is 0 Å². The van der Waals surface area contributed by atoms with E-state index in [9.17, 15) is 0 Å². The number of hydrogen-bond acceptors (Lipinski definition) is 1. The average Bonchev–Trinajstić information content (AvgIpc) is 2.20. The molecule has 0 aromatic rings. The molecule has 1 heteroatoms. The Morgan fingerprint density at radius 3 is 2.29 bits per heavy atom. The third kappa shape index (κ3) is 2.73. The third-order valence-electron chi connectivity index (χ3n) is 4.65. The molecule has 14 heavy (non-hydrogen) atoms. The summed E-state index contributed by atoms with van der Waals surface area (Å²) in [4.78, 5) is 0. The van der Waals surface area contributed by atoms with Gasteiger partial charge in [0, 0.05) is 0 Å². The Bertz CT molecular complexity index is 167. The van der Waals surface area contributed by atoms with E-state index < -0.39 is 0 Å². The van der Waals surface area contributed by atoms with Crippen molar-refractivity contribution in [3.05, 3.63) is 0 Å². The van der Waals surface area contributed by atoms with Crippen LogP contribution in [-0.4, -0.2) is 6.54 Å². The average molecular weight is 197 g/mol. The lowest BCUT2D eigenvalue weighted by Gasteiger charge is -2.37. The number of hydrogen-bond donors (Lipinski definition) is 1. The molecule has 0 aromatic carbocycles. The molecule has 5 unspecified atom stereocenters. The quantitative estimate of drug-likeness (QED) is 0.738. The first kappa shape index (κ1) is 12.0. The molecule has 0 spiro atoms.